The van der Waals surface area contributed by atoms with Crippen LogP contribution in [0, 0.1) is 0 Å². The molecule has 0 aliphatic heterocycles. The van der Waals surface area contributed by atoms with Crippen LogP contribution in [0.3, 0.4) is 0 Å². The molecule has 106 valence electrons. The normalized spacial score (nSPS) is 12.0. The minimum atomic E-state index is -0.148. The monoisotopic (exact) mass is 354 g/mol. The number of alkyl halides is 1. The molecule has 0 amide bonds. The predicted molar refractivity (Wildman–Crippen MR) is 86.0 cm³/mol. The molecule has 0 radical (unpaired) electrons. The first kappa shape index (κ1) is 15.2. The maximum absolute atomic E-state index is 6.54. The molecule has 0 aliphatic carbocycles. The maximum atomic E-state index is 6.54. The van der Waals surface area contributed by atoms with Crippen molar-refractivity contribution >= 4 is 27.5 Å². The Hall–Kier alpha value is -1.19. The van der Waals surface area contributed by atoms with E-state index in [1.807, 2.05) is 42.5 Å². The van der Waals surface area contributed by atoms with Crippen LogP contribution in [-0.4, -0.2) is 14.2 Å². The molecule has 0 heterocycles. The summed E-state index contributed by atoms with van der Waals surface area (Å²) in [5.41, 5.74) is 2.12. The molecule has 4 heteroatoms. The van der Waals surface area contributed by atoms with E-state index in [0.717, 1.165) is 33.5 Å². The highest BCUT2D eigenvalue weighted by Gasteiger charge is 2.14. The Bertz CT molecular complexity index is 586. The molecular weight excluding hydrogens is 340 g/mol. The highest BCUT2D eigenvalue weighted by atomic mass is 79.9. The maximum Gasteiger partial charge on any atom is 0.124 e. The Labute approximate surface area is 132 Å². The van der Waals surface area contributed by atoms with Crippen molar-refractivity contribution in [1.29, 1.82) is 0 Å². The lowest BCUT2D eigenvalue weighted by molar-refractivity contribution is 0.408. The molecule has 0 aromatic heterocycles. The molecule has 20 heavy (non-hydrogen) atoms. The topological polar surface area (TPSA) is 18.5 Å². The minimum absolute atomic E-state index is 0.148. The van der Waals surface area contributed by atoms with Gasteiger partial charge in [0.2, 0.25) is 0 Å². The van der Waals surface area contributed by atoms with E-state index in [1.54, 1.807) is 14.2 Å². The zero-order valence-electron chi connectivity index (χ0n) is 11.4. The summed E-state index contributed by atoms with van der Waals surface area (Å²) in [6, 6.07) is 13.8. The van der Waals surface area contributed by atoms with Gasteiger partial charge in [0, 0.05) is 10.0 Å². The Morgan fingerprint density at radius 3 is 2.60 bits per heavy atom. The SMILES string of the molecule is COc1cccc(CC(Cl)c2ccc(Br)cc2OC)c1. The molecule has 2 aromatic carbocycles. The van der Waals surface area contributed by atoms with E-state index in [-0.39, 0.29) is 5.38 Å². The first-order chi connectivity index (χ1) is 9.63. The third kappa shape index (κ3) is 3.68. The Morgan fingerprint density at radius 1 is 1.10 bits per heavy atom. The molecule has 0 bridgehead atoms. The number of rotatable bonds is 5. The van der Waals surface area contributed by atoms with Gasteiger partial charge in [0.25, 0.3) is 0 Å². The Morgan fingerprint density at radius 2 is 1.90 bits per heavy atom. The van der Waals surface area contributed by atoms with Crippen LogP contribution in [0.1, 0.15) is 16.5 Å². The Balaban J connectivity index is 2.21. The van der Waals surface area contributed by atoms with Crippen LogP contribution in [-0.2, 0) is 6.42 Å². The standard InChI is InChI=1S/C16H16BrClO2/c1-19-13-5-3-4-11(8-13)9-15(18)14-7-6-12(17)10-16(14)20-2/h3-8,10,15H,9H2,1-2H3. The first-order valence-corrected chi connectivity index (χ1v) is 7.47. The van der Waals surface area contributed by atoms with E-state index >= 15 is 0 Å². The molecule has 2 rings (SSSR count). The summed E-state index contributed by atoms with van der Waals surface area (Å²) in [6.45, 7) is 0. The van der Waals surface area contributed by atoms with Crippen molar-refractivity contribution < 1.29 is 9.47 Å². The summed E-state index contributed by atoms with van der Waals surface area (Å²) >= 11 is 9.97. The summed E-state index contributed by atoms with van der Waals surface area (Å²) in [5.74, 6) is 1.64. The van der Waals surface area contributed by atoms with Gasteiger partial charge < -0.3 is 9.47 Å². The average molecular weight is 356 g/mol. The number of halogens is 2. The summed E-state index contributed by atoms with van der Waals surface area (Å²) < 4.78 is 11.6. The Kier molecular flexibility index (Phi) is 5.32. The lowest BCUT2D eigenvalue weighted by Crippen LogP contribution is -1.99. The minimum Gasteiger partial charge on any atom is -0.497 e. The fourth-order valence-corrected chi connectivity index (χ4v) is 2.76. The highest BCUT2D eigenvalue weighted by Crippen LogP contribution is 2.34. The molecule has 1 atom stereocenters. The molecule has 0 aliphatic rings. The lowest BCUT2D eigenvalue weighted by atomic mass is 10.0. The zero-order valence-corrected chi connectivity index (χ0v) is 13.7. The van der Waals surface area contributed by atoms with Crippen molar-refractivity contribution in [3.8, 4) is 11.5 Å². The van der Waals surface area contributed by atoms with Gasteiger partial charge in [0.1, 0.15) is 11.5 Å². The van der Waals surface area contributed by atoms with Gasteiger partial charge in [0.05, 0.1) is 19.6 Å². The van der Waals surface area contributed by atoms with Crippen LogP contribution in [0.4, 0.5) is 0 Å². The number of ether oxygens (including phenoxy) is 2. The highest BCUT2D eigenvalue weighted by molar-refractivity contribution is 9.10. The van der Waals surface area contributed by atoms with Crippen LogP contribution in [0.2, 0.25) is 0 Å². The van der Waals surface area contributed by atoms with E-state index in [4.69, 9.17) is 21.1 Å². The number of methoxy groups -OCH3 is 2. The largest absolute Gasteiger partial charge is 0.497 e. The third-order valence-corrected chi connectivity index (χ3v) is 3.96. The van der Waals surface area contributed by atoms with Crippen LogP contribution in [0.5, 0.6) is 11.5 Å². The van der Waals surface area contributed by atoms with Crippen molar-refractivity contribution in [2.75, 3.05) is 14.2 Å². The lowest BCUT2D eigenvalue weighted by Gasteiger charge is -2.15. The van der Waals surface area contributed by atoms with Crippen molar-refractivity contribution in [2.24, 2.45) is 0 Å². The molecule has 0 saturated heterocycles. The molecule has 2 aromatic rings. The predicted octanol–water partition coefficient (Wildman–Crippen LogP) is 4.99. The summed E-state index contributed by atoms with van der Waals surface area (Å²) in [4.78, 5) is 0. The second-order valence-corrected chi connectivity index (χ2v) is 5.85. The number of benzene rings is 2. The molecule has 0 saturated carbocycles. The van der Waals surface area contributed by atoms with Gasteiger partial charge in [-0.2, -0.15) is 0 Å². The quantitative estimate of drug-likeness (QED) is 0.704. The van der Waals surface area contributed by atoms with Gasteiger partial charge in [-0.05, 0) is 36.2 Å². The van der Waals surface area contributed by atoms with Crippen molar-refractivity contribution in [3.63, 3.8) is 0 Å². The van der Waals surface area contributed by atoms with Crippen molar-refractivity contribution in [2.45, 2.75) is 11.8 Å². The van der Waals surface area contributed by atoms with Crippen molar-refractivity contribution in [1.82, 2.24) is 0 Å². The summed E-state index contributed by atoms with van der Waals surface area (Å²) in [6.07, 6.45) is 0.719. The van der Waals surface area contributed by atoms with Gasteiger partial charge in [-0.25, -0.2) is 0 Å². The number of hydrogen-bond acceptors (Lipinski definition) is 2. The van der Waals surface area contributed by atoms with Crippen LogP contribution < -0.4 is 9.47 Å². The van der Waals surface area contributed by atoms with Crippen LogP contribution >= 0.6 is 27.5 Å². The fourth-order valence-electron chi connectivity index (χ4n) is 2.06. The van der Waals surface area contributed by atoms with E-state index in [9.17, 15) is 0 Å². The third-order valence-electron chi connectivity index (χ3n) is 3.08. The second-order valence-electron chi connectivity index (χ2n) is 4.41. The molecule has 0 fully saturated rings. The second kappa shape index (κ2) is 7.00. The van der Waals surface area contributed by atoms with Gasteiger partial charge in [-0.3, -0.25) is 0 Å². The van der Waals surface area contributed by atoms with Crippen LogP contribution in [0.25, 0.3) is 0 Å². The van der Waals surface area contributed by atoms with Gasteiger partial charge in [-0.1, -0.05) is 34.1 Å². The van der Waals surface area contributed by atoms with E-state index in [1.165, 1.54) is 0 Å². The first-order valence-electron chi connectivity index (χ1n) is 6.24. The van der Waals surface area contributed by atoms with Crippen LogP contribution in [0.15, 0.2) is 46.9 Å². The van der Waals surface area contributed by atoms with Crippen molar-refractivity contribution in [3.05, 3.63) is 58.1 Å². The molecular formula is C16H16BrClO2. The molecule has 0 spiro atoms. The molecule has 1 unspecified atom stereocenters. The van der Waals surface area contributed by atoms with E-state index < -0.39 is 0 Å². The number of hydrogen-bond donors (Lipinski definition) is 0. The van der Waals surface area contributed by atoms with Gasteiger partial charge in [0.15, 0.2) is 0 Å². The summed E-state index contributed by atoms with van der Waals surface area (Å²) in [5, 5.41) is -0.148. The fraction of sp³-hybridized carbons (Fsp3) is 0.250. The van der Waals surface area contributed by atoms with Gasteiger partial charge >= 0.3 is 0 Å². The summed E-state index contributed by atoms with van der Waals surface area (Å²) in [7, 11) is 3.31. The smallest absolute Gasteiger partial charge is 0.124 e. The average Bonchev–Trinajstić information content (AvgIpc) is 2.47. The van der Waals surface area contributed by atoms with Gasteiger partial charge in [-0.15, -0.1) is 11.6 Å². The van der Waals surface area contributed by atoms with E-state index in [0.29, 0.717) is 0 Å². The zero-order chi connectivity index (χ0) is 14.5. The molecule has 2 nitrogen and oxygen atoms in total. The van der Waals surface area contributed by atoms with E-state index in [2.05, 4.69) is 15.9 Å². The molecule has 0 N–H and O–H groups in total.